The van der Waals surface area contributed by atoms with Crippen molar-refractivity contribution in [3.8, 4) is 0 Å². The van der Waals surface area contributed by atoms with Crippen molar-refractivity contribution in [2.24, 2.45) is 11.3 Å². The number of carbonyl (C=O) groups excluding carboxylic acids is 1. The van der Waals surface area contributed by atoms with Gasteiger partial charge in [-0.25, -0.2) is 0 Å². The van der Waals surface area contributed by atoms with Gasteiger partial charge in [0.2, 0.25) is 5.91 Å². The molecule has 1 aliphatic carbocycles. The van der Waals surface area contributed by atoms with E-state index in [4.69, 9.17) is 0 Å². The number of amides is 1. The Morgan fingerprint density at radius 3 is 2.62 bits per heavy atom. The molecule has 1 heterocycles. The van der Waals surface area contributed by atoms with Crippen molar-refractivity contribution in [3.63, 3.8) is 0 Å². The standard InChI is InChI=1S/C12H19NO3/c1-2-5-12(11(15)16)6-7-13(8-12)10(14)9-3-4-9/h9H,2-8H2,1H3,(H,15,16). The first-order valence-corrected chi connectivity index (χ1v) is 6.11. The number of hydrogen-bond donors (Lipinski definition) is 1. The number of likely N-dealkylation sites (tertiary alicyclic amines) is 1. The lowest BCUT2D eigenvalue weighted by molar-refractivity contribution is -0.149. The summed E-state index contributed by atoms with van der Waals surface area (Å²) < 4.78 is 0. The predicted molar refractivity (Wildman–Crippen MR) is 58.9 cm³/mol. The summed E-state index contributed by atoms with van der Waals surface area (Å²) in [4.78, 5) is 24.9. The van der Waals surface area contributed by atoms with Crippen LogP contribution in [0.4, 0.5) is 0 Å². The maximum absolute atomic E-state index is 11.9. The molecule has 1 amide bonds. The highest BCUT2D eigenvalue weighted by Crippen LogP contribution is 2.39. The molecule has 1 saturated carbocycles. The van der Waals surface area contributed by atoms with Crippen LogP contribution in [0.5, 0.6) is 0 Å². The van der Waals surface area contributed by atoms with E-state index in [2.05, 4.69) is 0 Å². The number of carboxylic acids is 1. The summed E-state index contributed by atoms with van der Waals surface area (Å²) in [5.41, 5.74) is -0.667. The fourth-order valence-electron chi connectivity index (χ4n) is 2.61. The first-order valence-electron chi connectivity index (χ1n) is 6.11. The molecule has 0 aromatic carbocycles. The second-order valence-electron chi connectivity index (χ2n) is 5.12. The van der Waals surface area contributed by atoms with E-state index in [0.717, 1.165) is 19.3 Å². The van der Waals surface area contributed by atoms with Gasteiger partial charge in [0.15, 0.2) is 0 Å². The smallest absolute Gasteiger partial charge is 0.311 e. The van der Waals surface area contributed by atoms with E-state index in [0.29, 0.717) is 25.9 Å². The molecule has 1 unspecified atom stereocenters. The number of carboxylic acid groups (broad SMARTS) is 1. The average Bonchev–Trinajstić information content (AvgIpc) is 2.99. The Hall–Kier alpha value is -1.06. The van der Waals surface area contributed by atoms with Gasteiger partial charge < -0.3 is 10.0 Å². The van der Waals surface area contributed by atoms with E-state index < -0.39 is 11.4 Å². The van der Waals surface area contributed by atoms with Crippen molar-refractivity contribution in [2.75, 3.05) is 13.1 Å². The topological polar surface area (TPSA) is 57.6 Å². The molecule has 0 aromatic heterocycles. The zero-order valence-corrected chi connectivity index (χ0v) is 9.74. The normalized spacial score (nSPS) is 29.4. The van der Waals surface area contributed by atoms with Gasteiger partial charge in [0.05, 0.1) is 5.41 Å². The highest BCUT2D eigenvalue weighted by Gasteiger charge is 2.47. The Morgan fingerprint density at radius 1 is 1.44 bits per heavy atom. The van der Waals surface area contributed by atoms with E-state index >= 15 is 0 Å². The minimum atomic E-state index is -0.736. The predicted octanol–water partition coefficient (Wildman–Crippen LogP) is 1.50. The maximum Gasteiger partial charge on any atom is 0.311 e. The Bertz CT molecular complexity index is 311. The summed E-state index contributed by atoms with van der Waals surface area (Å²) in [6, 6.07) is 0. The van der Waals surface area contributed by atoms with Crippen LogP contribution in [0.15, 0.2) is 0 Å². The van der Waals surface area contributed by atoms with Gasteiger partial charge in [-0.1, -0.05) is 13.3 Å². The molecule has 90 valence electrons. The van der Waals surface area contributed by atoms with Gasteiger partial charge in [-0.3, -0.25) is 9.59 Å². The quantitative estimate of drug-likeness (QED) is 0.788. The van der Waals surface area contributed by atoms with Crippen LogP contribution in [0, 0.1) is 11.3 Å². The van der Waals surface area contributed by atoms with Crippen molar-refractivity contribution in [2.45, 2.75) is 39.0 Å². The Labute approximate surface area is 95.6 Å². The van der Waals surface area contributed by atoms with Crippen molar-refractivity contribution in [1.82, 2.24) is 4.90 Å². The summed E-state index contributed by atoms with van der Waals surface area (Å²) in [6.45, 7) is 3.04. The third kappa shape index (κ3) is 1.93. The van der Waals surface area contributed by atoms with Gasteiger partial charge in [0, 0.05) is 19.0 Å². The molecule has 0 radical (unpaired) electrons. The molecule has 0 bridgehead atoms. The molecule has 2 rings (SSSR count). The minimum absolute atomic E-state index is 0.180. The maximum atomic E-state index is 11.9. The van der Waals surface area contributed by atoms with Gasteiger partial charge in [-0.15, -0.1) is 0 Å². The van der Waals surface area contributed by atoms with E-state index in [9.17, 15) is 14.7 Å². The molecule has 0 spiro atoms. The molecule has 0 aromatic rings. The molecule has 1 saturated heterocycles. The summed E-state index contributed by atoms with van der Waals surface area (Å²) in [6.07, 6.45) is 4.13. The van der Waals surface area contributed by atoms with E-state index in [1.807, 2.05) is 6.92 Å². The first kappa shape index (κ1) is 11.4. The summed E-state index contributed by atoms with van der Waals surface area (Å²) in [5, 5.41) is 9.31. The first-order chi connectivity index (χ1) is 7.59. The van der Waals surface area contributed by atoms with Crippen molar-refractivity contribution in [1.29, 1.82) is 0 Å². The summed E-state index contributed by atoms with van der Waals surface area (Å²) in [5.74, 6) is -0.356. The van der Waals surface area contributed by atoms with Crippen molar-refractivity contribution < 1.29 is 14.7 Å². The monoisotopic (exact) mass is 225 g/mol. The molecule has 2 aliphatic rings. The second-order valence-corrected chi connectivity index (χ2v) is 5.12. The number of carbonyl (C=O) groups is 2. The highest BCUT2D eigenvalue weighted by atomic mass is 16.4. The van der Waals surface area contributed by atoms with E-state index in [1.54, 1.807) is 4.90 Å². The SMILES string of the molecule is CCCC1(C(=O)O)CCN(C(=O)C2CC2)C1. The van der Waals surface area contributed by atoms with Crippen molar-refractivity contribution in [3.05, 3.63) is 0 Å². The van der Waals surface area contributed by atoms with Gasteiger partial charge in [0.25, 0.3) is 0 Å². The average molecular weight is 225 g/mol. The van der Waals surface area contributed by atoms with Gasteiger partial charge in [-0.05, 0) is 25.7 Å². The van der Waals surface area contributed by atoms with Crippen LogP contribution < -0.4 is 0 Å². The molecule has 4 heteroatoms. The number of nitrogens with zero attached hydrogens (tertiary/aromatic N) is 1. The molecular formula is C12H19NO3. The number of rotatable bonds is 4. The third-order valence-electron chi connectivity index (χ3n) is 3.77. The van der Waals surface area contributed by atoms with Gasteiger partial charge in [-0.2, -0.15) is 0 Å². The molecule has 1 aliphatic heterocycles. The number of hydrogen-bond acceptors (Lipinski definition) is 2. The minimum Gasteiger partial charge on any atom is -0.481 e. The Kier molecular flexibility index (Phi) is 2.91. The van der Waals surface area contributed by atoms with E-state index in [-0.39, 0.29) is 11.8 Å². The van der Waals surface area contributed by atoms with Crippen LogP contribution >= 0.6 is 0 Å². The van der Waals surface area contributed by atoms with Gasteiger partial charge >= 0.3 is 5.97 Å². The Morgan fingerprint density at radius 2 is 2.12 bits per heavy atom. The molecule has 4 nitrogen and oxygen atoms in total. The Balaban J connectivity index is 2.03. The summed E-state index contributed by atoms with van der Waals surface area (Å²) in [7, 11) is 0. The number of aliphatic carboxylic acids is 1. The lowest BCUT2D eigenvalue weighted by Crippen LogP contribution is -2.37. The molecule has 1 atom stereocenters. The molecule has 1 N–H and O–H groups in total. The van der Waals surface area contributed by atoms with Crippen LogP contribution in [-0.4, -0.2) is 35.0 Å². The molecule has 2 fully saturated rings. The van der Waals surface area contributed by atoms with Crippen LogP contribution in [0.25, 0.3) is 0 Å². The fraction of sp³-hybridized carbons (Fsp3) is 0.833. The van der Waals surface area contributed by atoms with Crippen LogP contribution in [0.1, 0.15) is 39.0 Å². The fourth-order valence-corrected chi connectivity index (χ4v) is 2.61. The van der Waals surface area contributed by atoms with Crippen LogP contribution in [-0.2, 0) is 9.59 Å². The van der Waals surface area contributed by atoms with Crippen molar-refractivity contribution >= 4 is 11.9 Å². The highest BCUT2D eigenvalue weighted by molar-refractivity contribution is 5.83. The lowest BCUT2D eigenvalue weighted by Gasteiger charge is -2.24. The molecular weight excluding hydrogens is 206 g/mol. The lowest BCUT2D eigenvalue weighted by atomic mass is 9.83. The van der Waals surface area contributed by atoms with Gasteiger partial charge in [0.1, 0.15) is 0 Å². The van der Waals surface area contributed by atoms with Crippen LogP contribution in [0.3, 0.4) is 0 Å². The molecule has 16 heavy (non-hydrogen) atoms. The van der Waals surface area contributed by atoms with Crippen LogP contribution in [0.2, 0.25) is 0 Å². The third-order valence-corrected chi connectivity index (χ3v) is 3.77. The van der Waals surface area contributed by atoms with E-state index in [1.165, 1.54) is 0 Å². The zero-order chi connectivity index (χ0) is 11.8. The summed E-state index contributed by atoms with van der Waals surface area (Å²) >= 11 is 0. The zero-order valence-electron chi connectivity index (χ0n) is 9.74. The largest absolute Gasteiger partial charge is 0.481 e. The second kappa shape index (κ2) is 4.07.